The van der Waals surface area contributed by atoms with E-state index in [1.165, 1.54) is 6.42 Å². The van der Waals surface area contributed by atoms with Crippen LogP contribution in [0, 0.1) is 5.92 Å². The standard InChI is InChI=1S/C13H24N2O2.ClH/c1-10-5-4-7-15(11(10)9-14)13(16)12-6-2-3-8-17-12;/h10-12H,2-9,14H2,1H3;1H. The Hall–Kier alpha value is -0.320. The van der Waals surface area contributed by atoms with Crippen LogP contribution in [0.3, 0.4) is 0 Å². The van der Waals surface area contributed by atoms with Crippen molar-refractivity contribution in [3.05, 3.63) is 0 Å². The van der Waals surface area contributed by atoms with Crippen LogP contribution in [0.25, 0.3) is 0 Å². The van der Waals surface area contributed by atoms with E-state index in [4.69, 9.17) is 10.5 Å². The molecule has 0 aromatic heterocycles. The zero-order valence-corrected chi connectivity index (χ0v) is 12.0. The highest BCUT2D eigenvalue weighted by Gasteiger charge is 2.35. The van der Waals surface area contributed by atoms with Gasteiger partial charge in [0, 0.05) is 25.7 Å². The molecule has 4 nitrogen and oxygen atoms in total. The first kappa shape index (κ1) is 15.7. The lowest BCUT2D eigenvalue weighted by atomic mass is 9.90. The van der Waals surface area contributed by atoms with Gasteiger partial charge in [0.2, 0.25) is 0 Å². The molecule has 0 spiro atoms. The molecular formula is C13H25ClN2O2. The average molecular weight is 277 g/mol. The van der Waals surface area contributed by atoms with E-state index < -0.39 is 0 Å². The fourth-order valence-corrected chi connectivity index (χ4v) is 3.00. The molecule has 0 radical (unpaired) electrons. The topological polar surface area (TPSA) is 55.6 Å². The van der Waals surface area contributed by atoms with E-state index in [2.05, 4.69) is 6.92 Å². The van der Waals surface area contributed by atoms with Crippen LogP contribution in [-0.2, 0) is 9.53 Å². The van der Waals surface area contributed by atoms with E-state index in [9.17, 15) is 4.79 Å². The van der Waals surface area contributed by atoms with Crippen molar-refractivity contribution in [1.82, 2.24) is 4.90 Å². The lowest BCUT2D eigenvalue weighted by Gasteiger charge is -2.41. The Morgan fingerprint density at radius 3 is 2.72 bits per heavy atom. The molecule has 0 aliphatic carbocycles. The summed E-state index contributed by atoms with van der Waals surface area (Å²) in [6, 6.07) is 0.210. The van der Waals surface area contributed by atoms with Gasteiger partial charge in [-0.25, -0.2) is 0 Å². The van der Waals surface area contributed by atoms with Crippen LogP contribution >= 0.6 is 12.4 Å². The number of halogens is 1. The number of rotatable bonds is 2. The van der Waals surface area contributed by atoms with Crippen molar-refractivity contribution < 1.29 is 9.53 Å². The number of hydrogen-bond acceptors (Lipinski definition) is 3. The monoisotopic (exact) mass is 276 g/mol. The van der Waals surface area contributed by atoms with E-state index >= 15 is 0 Å². The summed E-state index contributed by atoms with van der Waals surface area (Å²) in [6.07, 6.45) is 5.13. The highest BCUT2D eigenvalue weighted by atomic mass is 35.5. The van der Waals surface area contributed by atoms with Crippen molar-refractivity contribution in [2.24, 2.45) is 11.7 Å². The zero-order valence-electron chi connectivity index (χ0n) is 11.1. The van der Waals surface area contributed by atoms with Gasteiger partial charge in [-0.2, -0.15) is 0 Å². The second-order valence-electron chi connectivity index (χ2n) is 5.31. The molecule has 2 fully saturated rings. The Morgan fingerprint density at radius 1 is 1.33 bits per heavy atom. The van der Waals surface area contributed by atoms with Gasteiger partial charge in [-0.05, 0) is 38.0 Å². The molecule has 2 saturated heterocycles. The Morgan fingerprint density at radius 2 is 2.11 bits per heavy atom. The SMILES string of the molecule is CC1CCCN(C(=O)C2CCCCO2)C1CN.Cl. The number of carbonyl (C=O) groups excluding carboxylic acids is 1. The molecule has 1 amide bonds. The van der Waals surface area contributed by atoms with Crippen LogP contribution in [0.4, 0.5) is 0 Å². The van der Waals surface area contributed by atoms with Gasteiger partial charge in [-0.3, -0.25) is 4.79 Å². The third-order valence-corrected chi connectivity index (χ3v) is 4.10. The van der Waals surface area contributed by atoms with Crippen molar-refractivity contribution >= 4 is 18.3 Å². The Balaban J connectivity index is 0.00000162. The van der Waals surface area contributed by atoms with Crippen molar-refractivity contribution in [3.8, 4) is 0 Å². The lowest BCUT2D eigenvalue weighted by Crippen LogP contribution is -2.54. The molecule has 0 aromatic carbocycles. The van der Waals surface area contributed by atoms with Crippen LogP contribution in [-0.4, -0.2) is 42.6 Å². The molecule has 18 heavy (non-hydrogen) atoms. The van der Waals surface area contributed by atoms with E-state index in [1.54, 1.807) is 0 Å². The molecule has 106 valence electrons. The molecule has 2 N–H and O–H groups in total. The fourth-order valence-electron chi connectivity index (χ4n) is 3.00. The van der Waals surface area contributed by atoms with Crippen LogP contribution in [0.5, 0.6) is 0 Å². The Kier molecular flexibility index (Phi) is 6.39. The summed E-state index contributed by atoms with van der Waals surface area (Å²) in [4.78, 5) is 14.4. The maximum Gasteiger partial charge on any atom is 0.251 e. The Labute approximate surface area is 116 Å². The van der Waals surface area contributed by atoms with Crippen molar-refractivity contribution in [3.63, 3.8) is 0 Å². The summed E-state index contributed by atoms with van der Waals surface area (Å²) in [5, 5.41) is 0. The minimum atomic E-state index is -0.205. The second kappa shape index (κ2) is 7.31. The summed E-state index contributed by atoms with van der Waals surface area (Å²) >= 11 is 0. The van der Waals surface area contributed by atoms with Gasteiger partial charge < -0.3 is 15.4 Å². The van der Waals surface area contributed by atoms with Gasteiger partial charge in [0.15, 0.2) is 0 Å². The second-order valence-corrected chi connectivity index (χ2v) is 5.31. The van der Waals surface area contributed by atoms with Gasteiger partial charge in [0.05, 0.1) is 0 Å². The van der Waals surface area contributed by atoms with E-state index in [0.29, 0.717) is 12.5 Å². The van der Waals surface area contributed by atoms with E-state index in [0.717, 1.165) is 38.8 Å². The van der Waals surface area contributed by atoms with Gasteiger partial charge in [-0.15, -0.1) is 12.4 Å². The number of carbonyl (C=O) groups is 1. The molecule has 3 atom stereocenters. The van der Waals surface area contributed by atoms with Gasteiger partial charge in [-0.1, -0.05) is 6.92 Å². The third kappa shape index (κ3) is 3.37. The first-order chi connectivity index (χ1) is 8.24. The first-order valence-electron chi connectivity index (χ1n) is 6.86. The van der Waals surface area contributed by atoms with E-state index in [1.807, 2.05) is 4.90 Å². The van der Waals surface area contributed by atoms with Crippen molar-refractivity contribution in [1.29, 1.82) is 0 Å². The number of amides is 1. The minimum Gasteiger partial charge on any atom is -0.368 e. The molecule has 2 aliphatic rings. The number of nitrogens with zero attached hydrogens (tertiary/aromatic N) is 1. The van der Waals surface area contributed by atoms with Crippen LogP contribution < -0.4 is 5.73 Å². The lowest BCUT2D eigenvalue weighted by molar-refractivity contribution is -0.151. The molecule has 0 saturated carbocycles. The van der Waals surface area contributed by atoms with Crippen LogP contribution in [0.1, 0.15) is 39.0 Å². The molecular weight excluding hydrogens is 252 g/mol. The van der Waals surface area contributed by atoms with Crippen LogP contribution in [0.15, 0.2) is 0 Å². The molecule has 2 rings (SSSR count). The van der Waals surface area contributed by atoms with Crippen molar-refractivity contribution in [2.75, 3.05) is 19.7 Å². The summed E-state index contributed by atoms with van der Waals surface area (Å²) in [6.45, 7) is 4.34. The van der Waals surface area contributed by atoms with Gasteiger partial charge in [0.25, 0.3) is 5.91 Å². The number of ether oxygens (including phenoxy) is 1. The highest BCUT2D eigenvalue weighted by Crippen LogP contribution is 2.25. The normalized spacial score (nSPS) is 32.8. The smallest absolute Gasteiger partial charge is 0.251 e. The summed E-state index contributed by atoms with van der Waals surface area (Å²) in [5.74, 6) is 0.688. The minimum absolute atomic E-state index is 0. The molecule has 0 aromatic rings. The summed E-state index contributed by atoms with van der Waals surface area (Å²) in [5.41, 5.74) is 5.82. The predicted octanol–water partition coefficient (Wildman–Crippen LogP) is 1.56. The zero-order chi connectivity index (χ0) is 12.3. The number of nitrogens with two attached hydrogens (primary N) is 1. The summed E-state index contributed by atoms with van der Waals surface area (Å²) in [7, 11) is 0. The predicted molar refractivity (Wildman–Crippen MR) is 73.8 cm³/mol. The number of likely N-dealkylation sites (tertiary alicyclic amines) is 1. The van der Waals surface area contributed by atoms with Gasteiger partial charge in [0.1, 0.15) is 6.10 Å². The fraction of sp³-hybridized carbons (Fsp3) is 0.923. The number of piperidine rings is 1. The summed E-state index contributed by atoms with van der Waals surface area (Å²) < 4.78 is 5.59. The quantitative estimate of drug-likeness (QED) is 0.833. The number of hydrogen-bond donors (Lipinski definition) is 1. The maximum atomic E-state index is 12.4. The molecule has 0 bridgehead atoms. The maximum absolute atomic E-state index is 12.4. The van der Waals surface area contributed by atoms with Gasteiger partial charge >= 0.3 is 0 Å². The van der Waals surface area contributed by atoms with Crippen molar-refractivity contribution in [2.45, 2.75) is 51.2 Å². The average Bonchev–Trinajstić information content (AvgIpc) is 2.38. The Bertz CT molecular complexity index is 270. The first-order valence-corrected chi connectivity index (χ1v) is 6.86. The molecule has 3 unspecified atom stereocenters. The van der Waals surface area contributed by atoms with Crippen LogP contribution in [0.2, 0.25) is 0 Å². The highest BCUT2D eigenvalue weighted by molar-refractivity contribution is 5.85. The third-order valence-electron chi connectivity index (χ3n) is 4.10. The largest absolute Gasteiger partial charge is 0.368 e. The molecule has 5 heteroatoms. The molecule has 2 aliphatic heterocycles. The van der Waals surface area contributed by atoms with E-state index in [-0.39, 0.29) is 30.5 Å². The molecule has 2 heterocycles.